The molecule has 3 heteroatoms. The van der Waals surface area contributed by atoms with Gasteiger partial charge in [-0.05, 0) is 18.6 Å². The van der Waals surface area contributed by atoms with Gasteiger partial charge in [-0.3, -0.25) is 0 Å². The van der Waals surface area contributed by atoms with E-state index in [2.05, 4.69) is 12.6 Å². The second-order valence-corrected chi connectivity index (χ2v) is 2.48. The molecule has 0 unspecified atom stereocenters. The molecule has 0 spiro atoms. The lowest BCUT2D eigenvalue weighted by Crippen LogP contribution is -2.06. The molecule has 1 aliphatic heterocycles. The second kappa shape index (κ2) is 4.14. The summed E-state index contributed by atoms with van der Waals surface area (Å²) in [5.41, 5.74) is 0. The third-order valence-electron chi connectivity index (χ3n) is 1.29. The van der Waals surface area contributed by atoms with Crippen molar-refractivity contribution in [3.05, 3.63) is 0 Å². The fourth-order valence-electron chi connectivity index (χ4n) is 0.832. The van der Waals surface area contributed by atoms with Crippen LogP contribution in [0.25, 0.3) is 0 Å². The molecule has 1 fully saturated rings. The Kier molecular flexibility index (Phi) is 3.40. The molecule has 0 aromatic rings. The van der Waals surface area contributed by atoms with E-state index in [1.54, 1.807) is 0 Å². The van der Waals surface area contributed by atoms with Crippen molar-refractivity contribution in [1.82, 2.24) is 0 Å². The van der Waals surface area contributed by atoms with Crippen LogP contribution in [0, 0.1) is 0 Å². The maximum Gasteiger partial charge on any atom is 0.157 e. The topological polar surface area (TPSA) is 18.5 Å². The lowest BCUT2D eigenvalue weighted by Gasteiger charge is -2.05. The highest BCUT2D eigenvalue weighted by molar-refractivity contribution is 7.80. The average Bonchev–Trinajstić information content (AvgIpc) is 2.34. The monoisotopic (exact) mass is 148 g/mol. The highest BCUT2D eigenvalue weighted by Crippen LogP contribution is 2.09. The Balaban J connectivity index is 1.98. The smallest absolute Gasteiger partial charge is 0.157 e. The summed E-state index contributed by atoms with van der Waals surface area (Å²) in [6, 6.07) is 0. The average molecular weight is 148 g/mol. The van der Waals surface area contributed by atoms with E-state index in [9.17, 15) is 0 Å². The largest absolute Gasteiger partial charge is 0.350 e. The van der Waals surface area contributed by atoms with Gasteiger partial charge in [-0.2, -0.15) is 12.6 Å². The highest BCUT2D eigenvalue weighted by atomic mass is 32.1. The minimum absolute atomic E-state index is 0.0668. The SMILES string of the molecule is SCCCC1OCCO1. The van der Waals surface area contributed by atoms with Crippen LogP contribution in [0.3, 0.4) is 0 Å². The Bertz CT molecular complexity index is 71.5. The molecule has 0 aliphatic carbocycles. The van der Waals surface area contributed by atoms with Crippen molar-refractivity contribution in [3.63, 3.8) is 0 Å². The zero-order valence-corrected chi connectivity index (χ0v) is 6.27. The van der Waals surface area contributed by atoms with Gasteiger partial charge in [0.05, 0.1) is 13.2 Å². The molecule has 2 nitrogen and oxygen atoms in total. The summed E-state index contributed by atoms with van der Waals surface area (Å²) in [6.07, 6.45) is 2.13. The van der Waals surface area contributed by atoms with E-state index < -0.39 is 0 Å². The van der Waals surface area contributed by atoms with E-state index in [4.69, 9.17) is 9.47 Å². The number of hydrogen-bond acceptors (Lipinski definition) is 3. The number of thiol groups is 1. The van der Waals surface area contributed by atoms with Crippen LogP contribution >= 0.6 is 12.6 Å². The van der Waals surface area contributed by atoms with Gasteiger partial charge in [0.15, 0.2) is 6.29 Å². The fraction of sp³-hybridized carbons (Fsp3) is 1.00. The van der Waals surface area contributed by atoms with Gasteiger partial charge in [0.25, 0.3) is 0 Å². The van der Waals surface area contributed by atoms with Gasteiger partial charge in [-0.1, -0.05) is 0 Å². The minimum Gasteiger partial charge on any atom is -0.350 e. The quantitative estimate of drug-likeness (QED) is 0.603. The first-order chi connectivity index (χ1) is 4.43. The van der Waals surface area contributed by atoms with E-state index in [1.807, 2.05) is 0 Å². The summed E-state index contributed by atoms with van der Waals surface area (Å²) in [5.74, 6) is 0.920. The third-order valence-corrected chi connectivity index (χ3v) is 1.60. The molecule has 1 saturated heterocycles. The van der Waals surface area contributed by atoms with Crippen molar-refractivity contribution >= 4 is 12.6 Å². The van der Waals surface area contributed by atoms with Crippen molar-refractivity contribution in [2.75, 3.05) is 19.0 Å². The zero-order valence-electron chi connectivity index (χ0n) is 5.38. The molecule has 0 saturated carbocycles. The van der Waals surface area contributed by atoms with E-state index in [-0.39, 0.29) is 6.29 Å². The van der Waals surface area contributed by atoms with Crippen LogP contribution < -0.4 is 0 Å². The van der Waals surface area contributed by atoms with E-state index in [0.29, 0.717) is 0 Å². The molecule has 0 N–H and O–H groups in total. The predicted molar refractivity (Wildman–Crippen MR) is 38.8 cm³/mol. The van der Waals surface area contributed by atoms with Crippen LogP contribution in [0.1, 0.15) is 12.8 Å². The van der Waals surface area contributed by atoms with Gasteiger partial charge in [0.2, 0.25) is 0 Å². The Morgan fingerprint density at radius 1 is 1.33 bits per heavy atom. The molecule has 0 atom stereocenters. The van der Waals surface area contributed by atoms with Gasteiger partial charge in [0.1, 0.15) is 0 Å². The predicted octanol–water partition coefficient (Wildman–Crippen LogP) is 1.07. The standard InChI is InChI=1S/C6H12O2S/c9-5-1-2-6-7-3-4-8-6/h6,9H,1-5H2. The van der Waals surface area contributed by atoms with E-state index in [1.165, 1.54) is 0 Å². The molecule has 54 valence electrons. The molecule has 0 aromatic carbocycles. The van der Waals surface area contributed by atoms with Crippen LogP contribution in [-0.4, -0.2) is 25.3 Å². The Morgan fingerprint density at radius 3 is 2.56 bits per heavy atom. The molecule has 0 radical (unpaired) electrons. The van der Waals surface area contributed by atoms with Crippen LogP contribution in [0.15, 0.2) is 0 Å². The third kappa shape index (κ3) is 2.56. The molecule has 1 rings (SSSR count). The van der Waals surface area contributed by atoms with Crippen LogP contribution in [0.2, 0.25) is 0 Å². The number of hydrogen-bond donors (Lipinski definition) is 1. The molecular formula is C6H12O2S. The molecular weight excluding hydrogens is 136 g/mol. The first-order valence-corrected chi connectivity index (χ1v) is 3.91. The fourth-order valence-corrected chi connectivity index (χ4v) is 1.01. The van der Waals surface area contributed by atoms with Crippen LogP contribution in [0.4, 0.5) is 0 Å². The summed E-state index contributed by atoms with van der Waals surface area (Å²) in [5, 5.41) is 0. The van der Waals surface area contributed by atoms with Crippen molar-refractivity contribution in [2.45, 2.75) is 19.1 Å². The van der Waals surface area contributed by atoms with Gasteiger partial charge in [-0.15, -0.1) is 0 Å². The molecule has 0 amide bonds. The van der Waals surface area contributed by atoms with E-state index in [0.717, 1.165) is 31.8 Å². The summed E-state index contributed by atoms with van der Waals surface area (Å²) in [6.45, 7) is 1.52. The van der Waals surface area contributed by atoms with Crippen molar-refractivity contribution in [1.29, 1.82) is 0 Å². The van der Waals surface area contributed by atoms with Gasteiger partial charge in [0, 0.05) is 0 Å². The summed E-state index contributed by atoms with van der Waals surface area (Å²) < 4.78 is 10.4. The van der Waals surface area contributed by atoms with Gasteiger partial charge in [-0.25, -0.2) is 0 Å². The number of ether oxygens (including phenoxy) is 2. The van der Waals surface area contributed by atoms with E-state index >= 15 is 0 Å². The Morgan fingerprint density at radius 2 is 2.00 bits per heavy atom. The minimum atomic E-state index is 0.0668. The lowest BCUT2D eigenvalue weighted by atomic mass is 10.3. The molecule has 0 aromatic heterocycles. The zero-order chi connectivity index (χ0) is 6.53. The van der Waals surface area contributed by atoms with Crippen molar-refractivity contribution in [3.8, 4) is 0 Å². The van der Waals surface area contributed by atoms with Crippen LogP contribution in [-0.2, 0) is 9.47 Å². The summed E-state index contributed by atoms with van der Waals surface area (Å²) in [7, 11) is 0. The lowest BCUT2D eigenvalue weighted by molar-refractivity contribution is -0.0466. The molecule has 0 bridgehead atoms. The Labute approximate surface area is 60.9 Å². The van der Waals surface area contributed by atoms with Crippen molar-refractivity contribution < 1.29 is 9.47 Å². The van der Waals surface area contributed by atoms with Gasteiger partial charge >= 0.3 is 0 Å². The van der Waals surface area contributed by atoms with Crippen LogP contribution in [0.5, 0.6) is 0 Å². The molecule has 1 heterocycles. The molecule has 1 aliphatic rings. The first kappa shape index (κ1) is 7.38. The maximum atomic E-state index is 5.20. The summed E-state index contributed by atoms with van der Waals surface area (Å²) >= 11 is 4.08. The molecule has 9 heavy (non-hydrogen) atoms. The summed E-state index contributed by atoms with van der Waals surface area (Å²) in [4.78, 5) is 0. The highest BCUT2D eigenvalue weighted by Gasteiger charge is 2.13. The Hall–Kier alpha value is 0.270. The van der Waals surface area contributed by atoms with Crippen molar-refractivity contribution in [2.24, 2.45) is 0 Å². The second-order valence-electron chi connectivity index (χ2n) is 2.04. The number of rotatable bonds is 3. The maximum absolute atomic E-state index is 5.20. The normalized spacial score (nSPS) is 21.0. The van der Waals surface area contributed by atoms with Gasteiger partial charge < -0.3 is 9.47 Å². The first-order valence-electron chi connectivity index (χ1n) is 3.27.